The first kappa shape index (κ1) is 15.0. The Labute approximate surface area is 120 Å². The fraction of sp³-hybridized carbons (Fsp3) is 0.562. The van der Waals surface area contributed by atoms with Gasteiger partial charge < -0.3 is 10.6 Å². The predicted molar refractivity (Wildman–Crippen MR) is 79.1 cm³/mol. The molecule has 1 aromatic rings. The molecule has 1 aliphatic carbocycles. The lowest BCUT2D eigenvalue weighted by molar-refractivity contribution is -0.115. The molecule has 2 rings (SSSR count). The quantitative estimate of drug-likeness (QED) is 0.830. The third-order valence-electron chi connectivity index (χ3n) is 3.99. The second-order valence-electron chi connectivity index (χ2n) is 5.66. The molecule has 0 aliphatic heterocycles. The summed E-state index contributed by atoms with van der Waals surface area (Å²) in [6, 6.07) is 6.38. The maximum absolute atomic E-state index is 13.0. The second-order valence-corrected chi connectivity index (χ2v) is 5.66. The van der Waals surface area contributed by atoms with Crippen LogP contribution in [0.25, 0.3) is 0 Å². The van der Waals surface area contributed by atoms with Gasteiger partial charge in [-0.3, -0.25) is 4.79 Å². The van der Waals surface area contributed by atoms with Crippen LogP contribution in [0, 0.1) is 11.7 Å². The Hall–Kier alpha value is -1.42. The molecule has 0 radical (unpaired) electrons. The SMILES string of the molecule is CC1CCCCCC1NCC(=O)Nc1cccc(F)c1. The first-order valence-electron chi connectivity index (χ1n) is 7.44. The first-order chi connectivity index (χ1) is 9.65. The van der Waals surface area contributed by atoms with Crippen molar-refractivity contribution in [2.24, 2.45) is 5.92 Å². The molecule has 2 unspecified atom stereocenters. The smallest absolute Gasteiger partial charge is 0.238 e. The van der Waals surface area contributed by atoms with Gasteiger partial charge in [-0.2, -0.15) is 0 Å². The Morgan fingerprint density at radius 1 is 1.30 bits per heavy atom. The van der Waals surface area contributed by atoms with Crippen molar-refractivity contribution in [2.75, 3.05) is 11.9 Å². The number of rotatable bonds is 4. The van der Waals surface area contributed by atoms with E-state index < -0.39 is 0 Å². The van der Waals surface area contributed by atoms with Crippen molar-refractivity contribution in [3.63, 3.8) is 0 Å². The van der Waals surface area contributed by atoms with Crippen molar-refractivity contribution in [3.8, 4) is 0 Å². The van der Waals surface area contributed by atoms with Gasteiger partial charge in [0.2, 0.25) is 5.91 Å². The summed E-state index contributed by atoms with van der Waals surface area (Å²) in [6.45, 7) is 2.53. The van der Waals surface area contributed by atoms with E-state index in [0.29, 0.717) is 17.6 Å². The Morgan fingerprint density at radius 2 is 2.10 bits per heavy atom. The largest absolute Gasteiger partial charge is 0.325 e. The molecule has 110 valence electrons. The molecule has 0 saturated heterocycles. The number of anilines is 1. The molecule has 1 fully saturated rings. The monoisotopic (exact) mass is 278 g/mol. The molecule has 3 nitrogen and oxygen atoms in total. The predicted octanol–water partition coefficient (Wildman–Crippen LogP) is 3.32. The molecule has 1 aliphatic rings. The van der Waals surface area contributed by atoms with Crippen molar-refractivity contribution < 1.29 is 9.18 Å². The number of amides is 1. The van der Waals surface area contributed by atoms with E-state index in [2.05, 4.69) is 17.6 Å². The molecule has 0 aromatic heterocycles. The molecular formula is C16H23FN2O. The van der Waals surface area contributed by atoms with Gasteiger partial charge in [0.1, 0.15) is 5.82 Å². The van der Waals surface area contributed by atoms with Crippen LogP contribution in [-0.4, -0.2) is 18.5 Å². The third-order valence-corrected chi connectivity index (χ3v) is 3.99. The summed E-state index contributed by atoms with van der Waals surface area (Å²) < 4.78 is 13.0. The van der Waals surface area contributed by atoms with Gasteiger partial charge in [-0.15, -0.1) is 0 Å². The topological polar surface area (TPSA) is 41.1 Å². The van der Waals surface area contributed by atoms with Gasteiger partial charge in [0.15, 0.2) is 0 Å². The number of hydrogen-bond donors (Lipinski definition) is 2. The van der Waals surface area contributed by atoms with Gasteiger partial charge in [-0.25, -0.2) is 4.39 Å². The molecule has 20 heavy (non-hydrogen) atoms. The third kappa shape index (κ3) is 4.60. The summed E-state index contributed by atoms with van der Waals surface area (Å²) in [6.07, 6.45) is 6.16. The van der Waals surface area contributed by atoms with Crippen LogP contribution in [0.4, 0.5) is 10.1 Å². The zero-order valence-electron chi connectivity index (χ0n) is 12.0. The van der Waals surface area contributed by atoms with E-state index in [1.807, 2.05) is 0 Å². The van der Waals surface area contributed by atoms with Gasteiger partial charge in [-0.1, -0.05) is 32.3 Å². The standard InChI is InChI=1S/C16H23FN2O/c1-12-6-3-2-4-9-15(12)18-11-16(20)19-14-8-5-7-13(17)10-14/h5,7-8,10,12,15,18H,2-4,6,9,11H2,1H3,(H,19,20). The van der Waals surface area contributed by atoms with Crippen LogP contribution in [0.2, 0.25) is 0 Å². The van der Waals surface area contributed by atoms with E-state index in [9.17, 15) is 9.18 Å². The van der Waals surface area contributed by atoms with E-state index in [1.165, 1.54) is 37.8 Å². The van der Waals surface area contributed by atoms with Gasteiger partial charge in [-0.05, 0) is 37.0 Å². The molecule has 2 atom stereocenters. The number of benzene rings is 1. The number of carbonyl (C=O) groups excluding carboxylic acids is 1. The van der Waals surface area contributed by atoms with Crippen LogP contribution in [0.1, 0.15) is 39.0 Å². The van der Waals surface area contributed by atoms with E-state index >= 15 is 0 Å². The number of nitrogens with one attached hydrogen (secondary N) is 2. The highest BCUT2D eigenvalue weighted by Gasteiger charge is 2.19. The summed E-state index contributed by atoms with van der Waals surface area (Å²) >= 11 is 0. The van der Waals surface area contributed by atoms with E-state index in [1.54, 1.807) is 12.1 Å². The molecule has 0 heterocycles. The first-order valence-corrected chi connectivity index (χ1v) is 7.44. The average Bonchev–Trinajstić information content (AvgIpc) is 2.61. The summed E-state index contributed by atoms with van der Waals surface area (Å²) in [5.74, 6) is 0.152. The molecular weight excluding hydrogens is 255 g/mol. The van der Waals surface area contributed by atoms with Crippen LogP contribution >= 0.6 is 0 Å². The minimum Gasteiger partial charge on any atom is -0.325 e. The fourth-order valence-electron chi connectivity index (χ4n) is 2.79. The second kappa shape index (κ2) is 7.39. The lowest BCUT2D eigenvalue weighted by Gasteiger charge is -2.22. The van der Waals surface area contributed by atoms with E-state index in [0.717, 1.165) is 6.42 Å². The van der Waals surface area contributed by atoms with Crippen molar-refractivity contribution in [3.05, 3.63) is 30.1 Å². The van der Waals surface area contributed by atoms with Crippen LogP contribution < -0.4 is 10.6 Å². The Balaban J connectivity index is 1.79. The number of halogens is 1. The Bertz CT molecular complexity index is 450. The molecule has 0 spiro atoms. The lowest BCUT2D eigenvalue weighted by atomic mass is 9.97. The molecule has 2 N–H and O–H groups in total. The normalized spacial score (nSPS) is 23.1. The summed E-state index contributed by atoms with van der Waals surface area (Å²) in [7, 11) is 0. The zero-order chi connectivity index (χ0) is 14.4. The maximum Gasteiger partial charge on any atom is 0.238 e. The maximum atomic E-state index is 13.0. The van der Waals surface area contributed by atoms with Gasteiger partial charge in [0.25, 0.3) is 0 Å². The Morgan fingerprint density at radius 3 is 2.90 bits per heavy atom. The van der Waals surface area contributed by atoms with Crippen LogP contribution in [0.3, 0.4) is 0 Å². The van der Waals surface area contributed by atoms with Gasteiger partial charge >= 0.3 is 0 Å². The summed E-state index contributed by atoms with van der Waals surface area (Å²) in [5, 5.41) is 6.05. The van der Waals surface area contributed by atoms with Gasteiger partial charge in [0.05, 0.1) is 6.54 Å². The van der Waals surface area contributed by atoms with Crippen LogP contribution in [-0.2, 0) is 4.79 Å². The lowest BCUT2D eigenvalue weighted by Crippen LogP contribution is -2.39. The molecule has 1 saturated carbocycles. The van der Waals surface area contributed by atoms with Crippen molar-refractivity contribution in [1.82, 2.24) is 5.32 Å². The van der Waals surface area contributed by atoms with E-state index in [4.69, 9.17) is 0 Å². The zero-order valence-corrected chi connectivity index (χ0v) is 12.0. The molecule has 0 bridgehead atoms. The van der Waals surface area contributed by atoms with E-state index in [-0.39, 0.29) is 18.3 Å². The average molecular weight is 278 g/mol. The highest BCUT2D eigenvalue weighted by molar-refractivity contribution is 5.92. The van der Waals surface area contributed by atoms with Crippen molar-refractivity contribution in [2.45, 2.75) is 45.1 Å². The minimum absolute atomic E-state index is 0.118. The van der Waals surface area contributed by atoms with Crippen LogP contribution in [0.5, 0.6) is 0 Å². The minimum atomic E-state index is -0.340. The number of hydrogen-bond acceptors (Lipinski definition) is 2. The fourth-order valence-corrected chi connectivity index (χ4v) is 2.79. The van der Waals surface area contributed by atoms with Crippen LogP contribution in [0.15, 0.2) is 24.3 Å². The highest BCUT2D eigenvalue weighted by atomic mass is 19.1. The molecule has 1 amide bonds. The molecule has 4 heteroatoms. The molecule has 1 aromatic carbocycles. The summed E-state index contributed by atoms with van der Waals surface area (Å²) in [4.78, 5) is 11.9. The van der Waals surface area contributed by atoms with Crippen molar-refractivity contribution >= 4 is 11.6 Å². The Kier molecular flexibility index (Phi) is 5.53. The highest BCUT2D eigenvalue weighted by Crippen LogP contribution is 2.22. The summed E-state index contributed by atoms with van der Waals surface area (Å²) in [5.41, 5.74) is 0.505. The van der Waals surface area contributed by atoms with Gasteiger partial charge in [0, 0.05) is 11.7 Å². The number of carbonyl (C=O) groups is 1. The van der Waals surface area contributed by atoms with Crippen molar-refractivity contribution in [1.29, 1.82) is 0 Å².